The van der Waals surface area contributed by atoms with Crippen LogP contribution in [0.1, 0.15) is 32.3 Å². The highest BCUT2D eigenvalue weighted by molar-refractivity contribution is 7.99. The van der Waals surface area contributed by atoms with Crippen LogP contribution in [0.5, 0.6) is 0 Å². The Morgan fingerprint density at radius 1 is 1.37 bits per heavy atom. The zero-order valence-corrected chi connectivity index (χ0v) is 12.8. The second kappa shape index (κ2) is 5.56. The van der Waals surface area contributed by atoms with Gasteiger partial charge in [0, 0.05) is 17.3 Å². The van der Waals surface area contributed by atoms with E-state index in [0.29, 0.717) is 6.04 Å². The van der Waals surface area contributed by atoms with Crippen LogP contribution in [0.15, 0.2) is 30.3 Å². The minimum Gasteiger partial charge on any atom is -0.312 e. The van der Waals surface area contributed by atoms with Gasteiger partial charge in [0.25, 0.3) is 0 Å². The maximum Gasteiger partial charge on any atom is 0.0852 e. The third-order valence-corrected chi connectivity index (χ3v) is 5.35. The molecule has 0 heterocycles. The number of rotatable bonds is 5. The Kier molecular flexibility index (Phi) is 4.23. The molecule has 3 heteroatoms. The lowest BCUT2D eigenvalue weighted by atomic mass is 9.62. The van der Waals surface area contributed by atoms with Gasteiger partial charge in [-0.15, -0.1) is 0 Å². The van der Waals surface area contributed by atoms with E-state index in [1.165, 1.54) is 5.56 Å². The molecule has 2 nitrogen and oxygen atoms in total. The van der Waals surface area contributed by atoms with E-state index in [0.717, 1.165) is 19.4 Å². The molecule has 0 saturated heterocycles. The lowest BCUT2D eigenvalue weighted by Crippen LogP contribution is -2.53. The van der Waals surface area contributed by atoms with Gasteiger partial charge in [0.1, 0.15) is 0 Å². The van der Waals surface area contributed by atoms with Crippen molar-refractivity contribution in [2.75, 3.05) is 12.8 Å². The standard InChI is InChI=1S/C16H22N2S/c1-15(2,19-3)12-18-14-9-16(10-14,11-17)13-7-5-4-6-8-13/h4-8,14,18H,9-10,12H2,1-3H3. The molecule has 0 bridgehead atoms. The van der Waals surface area contributed by atoms with E-state index in [1.807, 2.05) is 30.0 Å². The Balaban J connectivity index is 1.92. The number of hydrogen-bond donors (Lipinski definition) is 1. The molecule has 2 rings (SSSR count). The first kappa shape index (κ1) is 14.4. The zero-order chi connectivity index (χ0) is 13.9. The SMILES string of the molecule is CSC(C)(C)CNC1CC(C#N)(c2ccccc2)C1. The van der Waals surface area contributed by atoms with E-state index < -0.39 is 0 Å². The lowest BCUT2D eigenvalue weighted by Gasteiger charge is -2.44. The van der Waals surface area contributed by atoms with Crippen molar-refractivity contribution in [1.82, 2.24) is 5.32 Å². The normalized spacial score (nSPS) is 26.5. The molecule has 19 heavy (non-hydrogen) atoms. The van der Waals surface area contributed by atoms with Crippen LogP contribution >= 0.6 is 11.8 Å². The molecule has 0 radical (unpaired) electrons. The summed E-state index contributed by atoms with van der Waals surface area (Å²) in [4.78, 5) is 0. The van der Waals surface area contributed by atoms with Gasteiger partial charge in [0.15, 0.2) is 0 Å². The summed E-state index contributed by atoms with van der Waals surface area (Å²) in [5.41, 5.74) is 0.905. The highest BCUT2D eigenvalue weighted by Crippen LogP contribution is 2.43. The second-order valence-corrected chi connectivity index (χ2v) is 7.52. The van der Waals surface area contributed by atoms with E-state index >= 15 is 0 Å². The summed E-state index contributed by atoms with van der Waals surface area (Å²) < 4.78 is 0.262. The molecule has 1 saturated carbocycles. The van der Waals surface area contributed by atoms with Crippen LogP contribution in [0.25, 0.3) is 0 Å². The Labute approximate surface area is 120 Å². The number of benzene rings is 1. The van der Waals surface area contributed by atoms with Crippen LogP contribution in [-0.4, -0.2) is 23.6 Å². The lowest BCUT2D eigenvalue weighted by molar-refractivity contribution is 0.224. The highest BCUT2D eigenvalue weighted by Gasteiger charge is 2.46. The summed E-state index contributed by atoms with van der Waals surface area (Å²) in [6.45, 7) is 5.49. The molecule has 0 aliphatic heterocycles. The minimum atomic E-state index is -0.261. The topological polar surface area (TPSA) is 35.8 Å². The van der Waals surface area contributed by atoms with Crippen molar-refractivity contribution in [1.29, 1.82) is 5.26 Å². The zero-order valence-electron chi connectivity index (χ0n) is 11.9. The van der Waals surface area contributed by atoms with E-state index in [9.17, 15) is 5.26 Å². The predicted octanol–water partition coefficient (Wildman–Crippen LogP) is 3.34. The molecule has 1 aromatic carbocycles. The first-order valence-electron chi connectivity index (χ1n) is 6.77. The Hall–Kier alpha value is -0.980. The van der Waals surface area contributed by atoms with E-state index in [4.69, 9.17) is 0 Å². The minimum absolute atomic E-state index is 0.261. The number of nitrogens with zero attached hydrogens (tertiary/aromatic N) is 1. The monoisotopic (exact) mass is 274 g/mol. The average Bonchev–Trinajstić information content (AvgIpc) is 2.39. The number of thioether (sulfide) groups is 1. The first-order chi connectivity index (χ1) is 9.01. The number of hydrogen-bond acceptors (Lipinski definition) is 3. The molecule has 0 spiro atoms. The van der Waals surface area contributed by atoms with Gasteiger partial charge in [-0.1, -0.05) is 30.3 Å². The third kappa shape index (κ3) is 3.13. The number of nitriles is 1. The molecular formula is C16H22N2S. The van der Waals surface area contributed by atoms with E-state index in [1.54, 1.807) is 0 Å². The second-order valence-electron chi connectivity index (χ2n) is 6.01. The van der Waals surface area contributed by atoms with Crippen molar-refractivity contribution in [3.05, 3.63) is 35.9 Å². The van der Waals surface area contributed by atoms with Gasteiger partial charge in [-0.2, -0.15) is 17.0 Å². The van der Waals surface area contributed by atoms with E-state index in [2.05, 4.69) is 43.6 Å². The van der Waals surface area contributed by atoms with Gasteiger partial charge in [-0.05, 0) is 38.5 Å². The molecular weight excluding hydrogens is 252 g/mol. The van der Waals surface area contributed by atoms with Gasteiger partial charge < -0.3 is 5.32 Å². The molecule has 1 fully saturated rings. The van der Waals surface area contributed by atoms with Crippen LogP contribution in [0.3, 0.4) is 0 Å². The van der Waals surface area contributed by atoms with Crippen LogP contribution in [0.2, 0.25) is 0 Å². The first-order valence-corrected chi connectivity index (χ1v) is 7.99. The Morgan fingerprint density at radius 2 is 2.00 bits per heavy atom. The third-order valence-electron chi connectivity index (χ3n) is 4.10. The molecule has 1 N–H and O–H groups in total. The van der Waals surface area contributed by atoms with Crippen molar-refractivity contribution in [2.45, 2.75) is 42.9 Å². The quantitative estimate of drug-likeness (QED) is 0.894. The van der Waals surface area contributed by atoms with Crippen molar-refractivity contribution >= 4 is 11.8 Å². The van der Waals surface area contributed by atoms with Crippen molar-refractivity contribution in [3.63, 3.8) is 0 Å². The summed E-state index contributed by atoms with van der Waals surface area (Å²) in [6, 6.07) is 13.2. The predicted molar refractivity (Wildman–Crippen MR) is 82.4 cm³/mol. The molecule has 0 unspecified atom stereocenters. The van der Waals surface area contributed by atoms with Crippen LogP contribution < -0.4 is 5.32 Å². The molecule has 0 aromatic heterocycles. The maximum absolute atomic E-state index is 9.50. The molecule has 0 amide bonds. The van der Waals surface area contributed by atoms with Gasteiger partial charge in [0.05, 0.1) is 11.5 Å². The molecule has 1 aliphatic rings. The molecule has 1 aromatic rings. The van der Waals surface area contributed by atoms with Crippen LogP contribution in [-0.2, 0) is 5.41 Å². The summed E-state index contributed by atoms with van der Waals surface area (Å²) >= 11 is 1.88. The fraction of sp³-hybridized carbons (Fsp3) is 0.562. The van der Waals surface area contributed by atoms with Gasteiger partial charge >= 0.3 is 0 Å². The average molecular weight is 274 g/mol. The van der Waals surface area contributed by atoms with Gasteiger partial charge in [-0.25, -0.2) is 0 Å². The van der Waals surface area contributed by atoms with E-state index in [-0.39, 0.29) is 10.2 Å². The molecule has 1 aliphatic carbocycles. The molecule has 0 atom stereocenters. The van der Waals surface area contributed by atoms with Crippen molar-refractivity contribution in [3.8, 4) is 6.07 Å². The summed E-state index contributed by atoms with van der Waals surface area (Å²) in [7, 11) is 0. The summed E-state index contributed by atoms with van der Waals surface area (Å²) in [5.74, 6) is 0. The van der Waals surface area contributed by atoms with Crippen molar-refractivity contribution < 1.29 is 0 Å². The summed E-state index contributed by atoms with van der Waals surface area (Å²) in [6.07, 6.45) is 4.00. The van der Waals surface area contributed by atoms with Crippen molar-refractivity contribution in [2.24, 2.45) is 0 Å². The van der Waals surface area contributed by atoms with Gasteiger partial charge in [-0.3, -0.25) is 0 Å². The fourth-order valence-corrected chi connectivity index (χ4v) is 2.76. The highest BCUT2D eigenvalue weighted by atomic mass is 32.2. The Morgan fingerprint density at radius 3 is 2.53 bits per heavy atom. The largest absolute Gasteiger partial charge is 0.312 e. The smallest absolute Gasteiger partial charge is 0.0852 e. The van der Waals surface area contributed by atoms with Crippen LogP contribution in [0.4, 0.5) is 0 Å². The maximum atomic E-state index is 9.50. The molecule has 102 valence electrons. The Bertz CT molecular complexity index is 455. The fourth-order valence-electron chi connectivity index (χ4n) is 2.54. The number of nitrogens with one attached hydrogen (secondary N) is 1. The van der Waals surface area contributed by atoms with Crippen LogP contribution in [0, 0.1) is 11.3 Å². The summed E-state index contributed by atoms with van der Waals surface area (Å²) in [5, 5.41) is 13.1. The van der Waals surface area contributed by atoms with Gasteiger partial charge in [0.2, 0.25) is 0 Å².